The molecule has 5 heteroatoms. The maximum atomic E-state index is 6.31. The van der Waals surface area contributed by atoms with Crippen molar-refractivity contribution in [3.63, 3.8) is 0 Å². The molecule has 0 aliphatic carbocycles. The molecular formula is C20H22O5. The molecule has 0 radical (unpaired) electrons. The van der Waals surface area contributed by atoms with Gasteiger partial charge < -0.3 is 23.7 Å². The highest BCUT2D eigenvalue weighted by Gasteiger charge is 2.28. The van der Waals surface area contributed by atoms with Gasteiger partial charge in [-0.2, -0.15) is 0 Å². The van der Waals surface area contributed by atoms with E-state index in [0.29, 0.717) is 0 Å². The molecule has 0 spiro atoms. The summed E-state index contributed by atoms with van der Waals surface area (Å²) in [5, 5.41) is 0. The van der Waals surface area contributed by atoms with Gasteiger partial charge in [0.2, 0.25) is 0 Å². The van der Waals surface area contributed by atoms with Gasteiger partial charge >= 0.3 is 0 Å². The zero-order valence-electron chi connectivity index (χ0n) is 14.5. The molecule has 0 N–H and O–H groups in total. The predicted octanol–water partition coefficient (Wildman–Crippen LogP) is 3.38. The number of epoxide rings is 2. The molecule has 25 heavy (non-hydrogen) atoms. The number of hydrogen-bond acceptors (Lipinski definition) is 5. The molecule has 0 bridgehead atoms. The van der Waals surface area contributed by atoms with Crippen molar-refractivity contribution in [1.29, 1.82) is 0 Å². The van der Waals surface area contributed by atoms with Crippen LogP contribution in [0.25, 0.3) is 0 Å². The van der Waals surface area contributed by atoms with Gasteiger partial charge in [0, 0.05) is 24.0 Å². The van der Waals surface area contributed by atoms with Crippen LogP contribution in [0.4, 0.5) is 0 Å². The van der Waals surface area contributed by atoms with Crippen LogP contribution in [-0.4, -0.2) is 39.6 Å². The Bertz CT molecular complexity index is 686. The van der Waals surface area contributed by atoms with Crippen molar-refractivity contribution in [3.8, 4) is 23.0 Å². The second-order valence-electron chi connectivity index (χ2n) is 6.29. The fourth-order valence-electron chi connectivity index (χ4n) is 3.01. The quantitative estimate of drug-likeness (QED) is 0.689. The van der Waals surface area contributed by atoms with E-state index < -0.39 is 0 Å². The second-order valence-corrected chi connectivity index (χ2v) is 6.29. The predicted molar refractivity (Wildman–Crippen MR) is 93.0 cm³/mol. The number of methoxy groups -OCH3 is 2. The van der Waals surface area contributed by atoms with E-state index in [1.807, 2.05) is 36.4 Å². The smallest absolute Gasteiger partial charge is 0.134 e. The van der Waals surface area contributed by atoms with Crippen LogP contribution in [0.2, 0.25) is 0 Å². The average molecular weight is 342 g/mol. The van der Waals surface area contributed by atoms with Crippen molar-refractivity contribution in [2.24, 2.45) is 0 Å². The largest absolute Gasteiger partial charge is 0.496 e. The Balaban J connectivity index is 1.67. The van der Waals surface area contributed by atoms with Crippen LogP contribution >= 0.6 is 0 Å². The normalized spacial score (nSPS) is 20.9. The van der Waals surface area contributed by atoms with Crippen LogP contribution in [0, 0.1) is 0 Å². The van der Waals surface area contributed by atoms with E-state index in [1.165, 1.54) is 0 Å². The lowest BCUT2D eigenvalue weighted by Gasteiger charge is -2.17. The molecule has 2 atom stereocenters. The molecule has 5 nitrogen and oxygen atoms in total. The van der Waals surface area contributed by atoms with Crippen molar-refractivity contribution in [2.45, 2.75) is 25.0 Å². The van der Waals surface area contributed by atoms with E-state index in [4.69, 9.17) is 23.7 Å². The number of benzene rings is 2. The summed E-state index contributed by atoms with van der Waals surface area (Å²) >= 11 is 0. The Morgan fingerprint density at radius 1 is 0.760 bits per heavy atom. The molecule has 2 fully saturated rings. The third-order valence-electron chi connectivity index (χ3n) is 4.51. The fourth-order valence-corrected chi connectivity index (χ4v) is 3.01. The Morgan fingerprint density at radius 3 is 1.52 bits per heavy atom. The van der Waals surface area contributed by atoms with Gasteiger partial charge in [0.1, 0.15) is 23.0 Å². The van der Waals surface area contributed by atoms with Gasteiger partial charge in [0.05, 0.1) is 39.6 Å². The van der Waals surface area contributed by atoms with Crippen LogP contribution in [0.5, 0.6) is 23.0 Å². The zero-order chi connectivity index (χ0) is 17.2. The van der Waals surface area contributed by atoms with Gasteiger partial charge in [-0.25, -0.2) is 0 Å². The highest BCUT2D eigenvalue weighted by molar-refractivity contribution is 5.51. The van der Waals surface area contributed by atoms with Crippen LogP contribution in [0.1, 0.15) is 11.1 Å². The molecule has 2 heterocycles. The Kier molecular flexibility index (Phi) is 4.51. The van der Waals surface area contributed by atoms with Gasteiger partial charge in [0.25, 0.3) is 0 Å². The third-order valence-corrected chi connectivity index (χ3v) is 4.51. The number of rotatable bonds is 8. The summed E-state index contributed by atoms with van der Waals surface area (Å²) in [6, 6.07) is 11.7. The van der Waals surface area contributed by atoms with E-state index in [-0.39, 0.29) is 12.2 Å². The molecule has 2 aliphatic rings. The van der Waals surface area contributed by atoms with Gasteiger partial charge in [-0.15, -0.1) is 0 Å². The van der Waals surface area contributed by atoms with Crippen LogP contribution in [-0.2, 0) is 22.3 Å². The van der Waals surface area contributed by atoms with Gasteiger partial charge in [-0.1, -0.05) is 12.1 Å². The summed E-state index contributed by atoms with van der Waals surface area (Å²) in [4.78, 5) is 0. The van der Waals surface area contributed by atoms with Crippen LogP contribution in [0.3, 0.4) is 0 Å². The summed E-state index contributed by atoms with van der Waals surface area (Å²) in [6.45, 7) is 1.59. The molecule has 2 saturated heterocycles. The van der Waals surface area contributed by atoms with E-state index in [2.05, 4.69) is 0 Å². The molecule has 0 amide bonds. The maximum absolute atomic E-state index is 6.31. The monoisotopic (exact) mass is 342 g/mol. The van der Waals surface area contributed by atoms with Crippen molar-refractivity contribution in [2.75, 3.05) is 27.4 Å². The first-order chi connectivity index (χ1) is 12.3. The topological polar surface area (TPSA) is 52.8 Å². The first kappa shape index (κ1) is 16.2. The lowest BCUT2D eigenvalue weighted by Crippen LogP contribution is -2.03. The number of hydrogen-bond donors (Lipinski definition) is 0. The Morgan fingerprint density at radius 2 is 1.16 bits per heavy atom. The van der Waals surface area contributed by atoms with Crippen LogP contribution in [0.15, 0.2) is 36.4 Å². The van der Waals surface area contributed by atoms with E-state index in [0.717, 1.165) is 60.2 Å². The van der Waals surface area contributed by atoms with Crippen LogP contribution < -0.4 is 14.2 Å². The van der Waals surface area contributed by atoms with Crippen molar-refractivity contribution in [3.05, 3.63) is 47.5 Å². The minimum atomic E-state index is 0.253. The van der Waals surface area contributed by atoms with Crippen molar-refractivity contribution >= 4 is 0 Å². The Labute approximate surface area is 147 Å². The first-order valence-corrected chi connectivity index (χ1v) is 8.51. The third kappa shape index (κ3) is 3.72. The Hall–Kier alpha value is -2.24. The molecule has 0 saturated carbocycles. The number of ether oxygens (including phenoxy) is 5. The minimum absolute atomic E-state index is 0.253. The van der Waals surface area contributed by atoms with E-state index in [9.17, 15) is 0 Å². The maximum Gasteiger partial charge on any atom is 0.134 e. The molecule has 2 aromatic rings. The van der Waals surface area contributed by atoms with Crippen molar-refractivity contribution in [1.82, 2.24) is 0 Å². The first-order valence-electron chi connectivity index (χ1n) is 8.51. The molecule has 4 rings (SSSR count). The standard InChI is InChI=1S/C20H22O5/c1-21-17-5-3-7-19(15(17)9-13-11-23-13)25-20-8-4-6-18(22-2)16(20)10-14-12-24-14/h3-8,13-14H,9-12H2,1-2H3/t13-,14-/m0/s1. The summed E-state index contributed by atoms with van der Waals surface area (Å²) in [5.41, 5.74) is 2.06. The van der Waals surface area contributed by atoms with E-state index >= 15 is 0 Å². The molecule has 2 aromatic carbocycles. The highest BCUT2D eigenvalue weighted by atomic mass is 16.6. The summed E-state index contributed by atoms with van der Waals surface area (Å²) in [5.74, 6) is 3.23. The highest BCUT2D eigenvalue weighted by Crippen LogP contribution is 2.39. The molecule has 2 aliphatic heterocycles. The zero-order valence-corrected chi connectivity index (χ0v) is 14.5. The second kappa shape index (κ2) is 6.94. The van der Waals surface area contributed by atoms with E-state index in [1.54, 1.807) is 14.2 Å². The molecule has 0 unspecified atom stereocenters. The van der Waals surface area contributed by atoms with Gasteiger partial charge in [0.15, 0.2) is 0 Å². The lowest BCUT2D eigenvalue weighted by molar-refractivity contribution is 0.374. The van der Waals surface area contributed by atoms with Gasteiger partial charge in [-0.3, -0.25) is 0 Å². The summed E-state index contributed by atoms with van der Waals surface area (Å²) < 4.78 is 28.1. The summed E-state index contributed by atoms with van der Waals surface area (Å²) in [7, 11) is 3.36. The lowest BCUT2D eigenvalue weighted by atomic mass is 10.1. The summed E-state index contributed by atoms with van der Waals surface area (Å²) in [6.07, 6.45) is 2.07. The fraction of sp³-hybridized carbons (Fsp3) is 0.400. The minimum Gasteiger partial charge on any atom is -0.496 e. The SMILES string of the molecule is COc1cccc(Oc2cccc(OC)c2C[C@H]2CO2)c1C[C@H]1CO1. The van der Waals surface area contributed by atoms with Crippen molar-refractivity contribution < 1.29 is 23.7 Å². The van der Waals surface area contributed by atoms with Gasteiger partial charge in [-0.05, 0) is 24.3 Å². The molecule has 0 aromatic heterocycles. The molecule has 132 valence electrons. The molecular weight excluding hydrogens is 320 g/mol. The average Bonchev–Trinajstić information content (AvgIpc) is 3.53.